The number of benzene rings is 1. The van der Waals surface area contributed by atoms with E-state index < -0.39 is 0 Å². The van der Waals surface area contributed by atoms with Crippen molar-refractivity contribution in [2.45, 2.75) is 39.2 Å². The van der Waals surface area contributed by atoms with Crippen LogP contribution in [-0.4, -0.2) is 24.3 Å². The molecule has 3 N–H and O–H groups in total. The Morgan fingerprint density at radius 3 is 2.32 bits per heavy atom. The van der Waals surface area contributed by atoms with Crippen molar-refractivity contribution in [3.8, 4) is 0 Å². The SMILES string of the molecule is CC(NC(=O)NCCO)c1ccc(C(C)(C)C)cc1. The molecular weight excluding hydrogens is 240 g/mol. The first-order valence-electron chi connectivity index (χ1n) is 6.60. The van der Waals surface area contributed by atoms with Gasteiger partial charge in [0.2, 0.25) is 0 Å². The first kappa shape index (κ1) is 15.5. The van der Waals surface area contributed by atoms with Crippen molar-refractivity contribution < 1.29 is 9.90 Å². The smallest absolute Gasteiger partial charge is 0.315 e. The molecule has 0 aromatic heterocycles. The number of nitrogens with one attached hydrogen (secondary N) is 2. The number of amides is 2. The van der Waals surface area contributed by atoms with Crippen LogP contribution in [0.3, 0.4) is 0 Å². The minimum atomic E-state index is -0.263. The fraction of sp³-hybridized carbons (Fsp3) is 0.533. The number of rotatable bonds is 4. The van der Waals surface area contributed by atoms with Crippen LogP contribution in [0, 0.1) is 0 Å². The Morgan fingerprint density at radius 2 is 1.84 bits per heavy atom. The average Bonchev–Trinajstić information content (AvgIpc) is 2.35. The highest BCUT2D eigenvalue weighted by atomic mass is 16.3. The van der Waals surface area contributed by atoms with Crippen molar-refractivity contribution in [1.29, 1.82) is 0 Å². The third-order valence-corrected chi connectivity index (χ3v) is 3.02. The van der Waals surface area contributed by atoms with E-state index >= 15 is 0 Å². The summed E-state index contributed by atoms with van der Waals surface area (Å²) in [5.41, 5.74) is 2.47. The van der Waals surface area contributed by atoms with Crippen LogP contribution in [0.5, 0.6) is 0 Å². The van der Waals surface area contributed by atoms with Gasteiger partial charge in [0.1, 0.15) is 0 Å². The molecule has 19 heavy (non-hydrogen) atoms. The van der Waals surface area contributed by atoms with Crippen molar-refractivity contribution in [2.24, 2.45) is 0 Å². The molecule has 4 nitrogen and oxygen atoms in total. The van der Waals surface area contributed by atoms with Crippen molar-refractivity contribution >= 4 is 6.03 Å². The molecule has 0 heterocycles. The van der Waals surface area contributed by atoms with E-state index in [1.54, 1.807) is 0 Å². The van der Waals surface area contributed by atoms with E-state index in [2.05, 4.69) is 43.5 Å². The predicted molar refractivity (Wildman–Crippen MR) is 77.2 cm³/mol. The lowest BCUT2D eigenvalue weighted by atomic mass is 9.86. The van der Waals surface area contributed by atoms with Gasteiger partial charge < -0.3 is 15.7 Å². The number of hydrogen-bond donors (Lipinski definition) is 3. The van der Waals surface area contributed by atoms with Crippen LogP contribution in [0.25, 0.3) is 0 Å². The summed E-state index contributed by atoms with van der Waals surface area (Å²) in [6.07, 6.45) is 0. The van der Waals surface area contributed by atoms with Crippen molar-refractivity contribution in [3.05, 3.63) is 35.4 Å². The molecule has 4 heteroatoms. The van der Waals surface area contributed by atoms with Gasteiger partial charge >= 0.3 is 6.03 Å². The summed E-state index contributed by atoms with van der Waals surface area (Å²) in [5.74, 6) is 0. The Labute approximate surface area is 115 Å². The summed E-state index contributed by atoms with van der Waals surface area (Å²) in [5, 5.41) is 14.0. The average molecular weight is 264 g/mol. The van der Waals surface area contributed by atoms with E-state index in [1.165, 1.54) is 5.56 Å². The highest BCUT2D eigenvalue weighted by molar-refractivity contribution is 5.74. The van der Waals surface area contributed by atoms with Gasteiger partial charge in [-0.25, -0.2) is 4.79 Å². The van der Waals surface area contributed by atoms with Crippen LogP contribution in [0.1, 0.15) is 44.9 Å². The van der Waals surface area contributed by atoms with Crippen LogP contribution in [0.2, 0.25) is 0 Å². The number of aliphatic hydroxyl groups is 1. The summed E-state index contributed by atoms with van der Waals surface area (Å²) < 4.78 is 0. The molecule has 0 fully saturated rings. The highest BCUT2D eigenvalue weighted by Gasteiger charge is 2.14. The molecule has 0 spiro atoms. The second-order valence-electron chi connectivity index (χ2n) is 5.72. The first-order chi connectivity index (χ1) is 8.84. The van der Waals surface area contributed by atoms with Crippen LogP contribution in [0.4, 0.5) is 4.79 Å². The fourth-order valence-electron chi connectivity index (χ4n) is 1.77. The van der Waals surface area contributed by atoms with E-state index in [0.29, 0.717) is 0 Å². The third-order valence-electron chi connectivity index (χ3n) is 3.02. The van der Waals surface area contributed by atoms with Crippen LogP contribution in [0.15, 0.2) is 24.3 Å². The van der Waals surface area contributed by atoms with Gasteiger partial charge in [-0.3, -0.25) is 0 Å². The molecule has 0 aliphatic rings. The quantitative estimate of drug-likeness (QED) is 0.781. The molecule has 0 saturated carbocycles. The lowest BCUT2D eigenvalue weighted by Gasteiger charge is -2.20. The summed E-state index contributed by atoms with van der Waals surface area (Å²) >= 11 is 0. The standard InChI is InChI=1S/C15H24N2O2/c1-11(17-14(19)16-9-10-18)12-5-7-13(8-6-12)15(2,3)4/h5-8,11,18H,9-10H2,1-4H3,(H2,16,17,19). The van der Waals surface area contributed by atoms with Gasteiger partial charge in [-0.2, -0.15) is 0 Å². The van der Waals surface area contributed by atoms with E-state index in [4.69, 9.17) is 5.11 Å². The van der Waals surface area contributed by atoms with Gasteiger partial charge in [-0.05, 0) is 23.5 Å². The van der Waals surface area contributed by atoms with Gasteiger partial charge in [0.25, 0.3) is 0 Å². The van der Waals surface area contributed by atoms with Gasteiger partial charge in [-0.1, -0.05) is 45.0 Å². The molecule has 1 unspecified atom stereocenters. The molecule has 0 radical (unpaired) electrons. The maximum Gasteiger partial charge on any atom is 0.315 e. The number of urea groups is 1. The van der Waals surface area contributed by atoms with E-state index in [9.17, 15) is 4.79 Å². The summed E-state index contributed by atoms with van der Waals surface area (Å²) in [6, 6.07) is 7.95. The summed E-state index contributed by atoms with van der Waals surface area (Å²) in [6.45, 7) is 8.66. The molecule has 0 aliphatic carbocycles. The molecule has 1 rings (SSSR count). The fourth-order valence-corrected chi connectivity index (χ4v) is 1.77. The molecular formula is C15H24N2O2. The Balaban J connectivity index is 2.63. The highest BCUT2D eigenvalue weighted by Crippen LogP contribution is 2.23. The van der Waals surface area contributed by atoms with Crippen molar-refractivity contribution in [1.82, 2.24) is 10.6 Å². The molecule has 106 valence electrons. The number of carbonyl (C=O) groups excluding carboxylic acids is 1. The normalized spacial score (nSPS) is 12.9. The minimum Gasteiger partial charge on any atom is -0.395 e. The second-order valence-corrected chi connectivity index (χ2v) is 5.72. The maximum atomic E-state index is 11.5. The predicted octanol–water partition coefficient (Wildman–Crippen LogP) is 2.34. The Hall–Kier alpha value is -1.55. The lowest BCUT2D eigenvalue weighted by molar-refractivity contribution is 0.231. The zero-order valence-corrected chi connectivity index (χ0v) is 12.2. The number of aliphatic hydroxyl groups excluding tert-OH is 1. The van der Waals surface area contributed by atoms with Gasteiger partial charge in [0.15, 0.2) is 0 Å². The topological polar surface area (TPSA) is 61.4 Å². The Bertz CT molecular complexity index is 407. The van der Waals surface area contributed by atoms with Crippen LogP contribution < -0.4 is 10.6 Å². The number of carbonyl (C=O) groups is 1. The first-order valence-corrected chi connectivity index (χ1v) is 6.60. The Morgan fingerprint density at radius 1 is 1.26 bits per heavy atom. The molecule has 0 aliphatic heterocycles. The lowest BCUT2D eigenvalue weighted by Crippen LogP contribution is -2.38. The summed E-state index contributed by atoms with van der Waals surface area (Å²) in [4.78, 5) is 11.5. The summed E-state index contributed by atoms with van der Waals surface area (Å²) in [7, 11) is 0. The maximum absolute atomic E-state index is 11.5. The molecule has 1 aromatic rings. The third kappa shape index (κ3) is 4.91. The zero-order chi connectivity index (χ0) is 14.5. The van der Waals surface area contributed by atoms with Crippen molar-refractivity contribution in [2.75, 3.05) is 13.2 Å². The molecule has 2 amide bonds. The van der Waals surface area contributed by atoms with Crippen LogP contribution >= 0.6 is 0 Å². The zero-order valence-electron chi connectivity index (χ0n) is 12.2. The molecule has 0 saturated heterocycles. The number of hydrogen-bond acceptors (Lipinski definition) is 2. The van der Waals surface area contributed by atoms with Crippen LogP contribution in [-0.2, 0) is 5.41 Å². The molecule has 1 aromatic carbocycles. The van der Waals surface area contributed by atoms with Gasteiger partial charge in [0, 0.05) is 6.54 Å². The van der Waals surface area contributed by atoms with Gasteiger partial charge in [0.05, 0.1) is 12.6 Å². The second kappa shape index (κ2) is 6.57. The molecule has 1 atom stereocenters. The molecule has 0 bridgehead atoms. The monoisotopic (exact) mass is 264 g/mol. The van der Waals surface area contributed by atoms with Gasteiger partial charge in [-0.15, -0.1) is 0 Å². The van der Waals surface area contributed by atoms with E-state index in [1.807, 2.05) is 19.1 Å². The van der Waals surface area contributed by atoms with E-state index in [-0.39, 0.29) is 30.6 Å². The Kier molecular flexibility index (Phi) is 5.36. The largest absolute Gasteiger partial charge is 0.395 e. The van der Waals surface area contributed by atoms with Crippen molar-refractivity contribution in [3.63, 3.8) is 0 Å². The van der Waals surface area contributed by atoms with E-state index in [0.717, 1.165) is 5.56 Å². The minimum absolute atomic E-state index is 0.0535.